The summed E-state index contributed by atoms with van der Waals surface area (Å²) in [6.07, 6.45) is 7.43. The van der Waals surface area contributed by atoms with Crippen LogP contribution in [0.25, 0.3) is 11.5 Å². The van der Waals surface area contributed by atoms with Gasteiger partial charge in [-0.25, -0.2) is 14.6 Å². The van der Waals surface area contributed by atoms with E-state index in [1.54, 1.807) is 6.26 Å². The van der Waals surface area contributed by atoms with E-state index in [9.17, 15) is 0 Å². The highest BCUT2D eigenvalue weighted by Crippen LogP contribution is 2.32. The molecule has 0 spiro atoms. The van der Waals surface area contributed by atoms with Crippen LogP contribution in [-0.4, -0.2) is 19.7 Å². The fourth-order valence-corrected chi connectivity index (χ4v) is 2.58. The maximum atomic E-state index is 5.40. The minimum atomic E-state index is 0.475. The van der Waals surface area contributed by atoms with E-state index in [2.05, 4.69) is 15.1 Å². The fraction of sp³-hybridized carbons (Fsp3) is 0.615. The first kappa shape index (κ1) is 11.4. The van der Waals surface area contributed by atoms with Crippen molar-refractivity contribution in [1.82, 2.24) is 19.7 Å². The summed E-state index contributed by atoms with van der Waals surface area (Å²) in [4.78, 5) is 8.96. The maximum Gasteiger partial charge on any atom is 0.194 e. The summed E-state index contributed by atoms with van der Waals surface area (Å²) in [6, 6.07) is 0.475. The van der Waals surface area contributed by atoms with Gasteiger partial charge in [0.1, 0.15) is 17.8 Å². The van der Waals surface area contributed by atoms with Gasteiger partial charge >= 0.3 is 0 Å². The first-order chi connectivity index (χ1) is 8.78. The Balaban J connectivity index is 1.99. The van der Waals surface area contributed by atoms with Gasteiger partial charge in [0.05, 0.1) is 6.04 Å². The van der Waals surface area contributed by atoms with Crippen molar-refractivity contribution in [1.29, 1.82) is 0 Å². The minimum absolute atomic E-state index is 0.475. The first-order valence-electron chi connectivity index (χ1n) is 6.66. The Morgan fingerprint density at radius 1 is 1.33 bits per heavy atom. The highest BCUT2D eigenvalue weighted by Gasteiger charge is 2.23. The van der Waals surface area contributed by atoms with E-state index >= 15 is 0 Å². The quantitative estimate of drug-likeness (QED) is 0.835. The third-order valence-corrected chi connectivity index (χ3v) is 3.49. The number of hydrogen-bond donors (Lipinski definition) is 0. The largest absolute Gasteiger partial charge is 0.448 e. The molecule has 96 valence electrons. The van der Waals surface area contributed by atoms with Crippen LogP contribution in [0, 0.1) is 6.92 Å². The van der Waals surface area contributed by atoms with Gasteiger partial charge < -0.3 is 4.42 Å². The molecule has 18 heavy (non-hydrogen) atoms. The molecule has 0 saturated heterocycles. The lowest BCUT2D eigenvalue weighted by atomic mass is 10.2. The van der Waals surface area contributed by atoms with Gasteiger partial charge in [-0.15, -0.1) is 0 Å². The number of aryl methyl sites for hydroxylation is 2. The second kappa shape index (κ2) is 4.55. The van der Waals surface area contributed by atoms with Crippen molar-refractivity contribution in [2.24, 2.45) is 0 Å². The SMILES string of the molecule is CCc1nc(-c2nc(C)nn2C2CCCC2)co1. The molecular formula is C13H18N4O. The Labute approximate surface area is 106 Å². The van der Waals surface area contributed by atoms with Crippen LogP contribution in [-0.2, 0) is 6.42 Å². The van der Waals surface area contributed by atoms with Crippen molar-refractivity contribution >= 4 is 0 Å². The predicted octanol–water partition coefficient (Wildman–Crippen LogP) is 2.92. The molecule has 1 aliphatic carbocycles. The second-order valence-corrected chi connectivity index (χ2v) is 4.85. The maximum absolute atomic E-state index is 5.40. The van der Waals surface area contributed by atoms with Crippen molar-refractivity contribution in [3.8, 4) is 11.5 Å². The summed E-state index contributed by atoms with van der Waals surface area (Å²) >= 11 is 0. The molecule has 0 atom stereocenters. The minimum Gasteiger partial charge on any atom is -0.448 e. The average Bonchev–Trinajstić information content (AvgIpc) is 3.08. The molecule has 0 unspecified atom stereocenters. The van der Waals surface area contributed by atoms with Crippen LogP contribution in [0.4, 0.5) is 0 Å². The highest BCUT2D eigenvalue weighted by molar-refractivity contribution is 5.47. The van der Waals surface area contributed by atoms with E-state index in [0.717, 1.165) is 29.7 Å². The molecule has 2 aromatic rings. The first-order valence-corrected chi connectivity index (χ1v) is 6.66. The third kappa shape index (κ3) is 1.94. The van der Waals surface area contributed by atoms with E-state index in [4.69, 9.17) is 4.42 Å². The lowest BCUT2D eigenvalue weighted by Gasteiger charge is -2.10. The Morgan fingerprint density at radius 3 is 2.78 bits per heavy atom. The van der Waals surface area contributed by atoms with Crippen LogP contribution in [0.1, 0.15) is 50.4 Å². The summed E-state index contributed by atoms with van der Waals surface area (Å²) in [5, 5.41) is 4.53. The van der Waals surface area contributed by atoms with Crippen molar-refractivity contribution < 1.29 is 4.42 Å². The van der Waals surface area contributed by atoms with Crippen LogP contribution >= 0.6 is 0 Å². The number of oxazole rings is 1. The van der Waals surface area contributed by atoms with Crippen molar-refractivity contribution in [2.75, 3.05) is 0 Å². The van der Waals surface area contributed by atoms with Gasteiger partial charge in [-0.3, -0.25) is 0 Å². The molecule has 1 saturated carbocycles. The van der Waals surface area contributed by atoms with Gasteiger partial charge in [-0.05, 0) is 19.8 Å². The molecule has 5 heteroatoms. The summed E-state index contributed by atoms with van der Waals surface area (Å²) in [5.41, 5.74) is 0.805. The number of aromatic nitrogens is 4. The molecule has 2 aromatic heterocycles. The summed E-state index contributed by atoms with van der Waals surface area (Å²) in [5.74, 6) is 2.41. The van der Waals surface area contributed by atoms with Crippen LogP contribution in [0.5, 0.6) is 0 Å². The molecule has 3 rings (SSSR count). The predicted molar refractivity (Wildman–Crippen MR) is 67.1 cm³/mol. The Kier molecular flexibility index (Phi) is 2.89. The normalized spacial score (nSPS) is 16.6. The molecule has 5 nitrogen and oxygen atoms in total. The van der Waals surface area contributed by atoms with E-state index in [1.807, 2.05) is 18.5 Å². The van der Waals surface area contributed by atoms with E-state index in [-0.39, 0.29) is 0 Å². The zero-order chi connectivity index (χ0) is 12.5. The van der Waals surface area contributed by atoms with E-state index < -0.39 is 0 Å². The molecule has 0 radical (unpaired) electrons. The van der Waals surface area contributed by atoms with Crippen LogP contribution in [0.2, 0.25) is 0 Å². The molecule has 1 fully saturated rings. The average molecular weight is 246 g/mol. The van der Waals surface area contributed by atoms with E-state index in [1.165, 1.54) is 25.7 Å². The second-order valence-electron chi connectivity index (χ2n) is 4.85. The summed E-state index contributed by atoms with van der Waals surface area (Å²) in [6.45, 7) is 3.96. The van der Waals surface area contributed by atoms with Gasteiger partial charge in [0.2, 0.25) is 0 Å². The molecular weight excluding hydrogens is 228 g/mol. The molecule has 2 heterocycles. The zero-order valence-corrected chi connectivity index (χ0v) is 10.9. The van der Waals surface area contributed by atoms with Crippen molar-refractivity contribution in [2.45, 2.75) is 52.0 Å². The van der Waals surface area contributed by atoms with Crippen LogP contribution in [0.3, 0.4) is 0 Å². The van der Waals surface area contributed by atoms with Gasteiger partial charge in [-0.1, -0.05) is 19.8 Å². The molecule has 0 aromatic carbocycles. The highest BCUT2D eigenvalue weighted by atomic mass is 16.3. The van der Waals surface area contributed by atoms with Crippen LogP contribution in [0.15, 0.2) is 10.7 Å². The number of hydrogen-bond acceptors (Lipinski definition) is 4. The van der Waals surface area contributed by atoms with Crippen molar-refractivity contribution in [3.63, 3.8) is 0 Å². The summed E-state index contributed by atoms with van der Waals surface area (Å²) < 4.78 is 7.44. The van der Waals surface area contributed by atoms with Crippen LogP contribution < -0.4 is 0 Å². The Bertz CT molecular complexity index is 537. The molecule has 0 aliphatic heterocycles. The molecule has 0 bridgehead atoms. The zero-order valence-electron chi connectivity index (χ0n) is 10.9. The van der Waals surface area contributed by atoms with Gasteiger partial charge in [0.15, 0.2) is 11.7 Å². The Hall–Kier alpha value is -1.65. The monoisotopic (exact) mass is 246 g/mol. The standard InChI is InChI=1S/C13H18N4O/c1-3-12-15-11(8-18-12)13-14-9(2)16-17(13)10-6-4-5-7-10/h8,10H,3-7H2,1-2H3. The van der Waals surface area contributed by atoms with E-state index in [0.29, 0.717) is 6.04 Å². The topological polar surface area (TPSA) is 56.7 Å². The van der Waals surface area contributed by atoms with Gasteiger partial charge in [-0.2, -0.15) is 5.10 Å². The smallest absolute Gasteiger partial charge is 0.194 e. The van der Waals surface area contributed by atoms with Crippen molar-refractivity contribution in [3.05, 3.63) is 18.0 Å². The van der Waals surface area contributed by atoms with Gasteiger partial charge in [0, 0.05) is 6.42 Å². The fourth-order valence-electron chi connectivity index (χ4n) is 2.58. The van der Waals surface area contributed by atoms with Gasteiger partial charge in [0.25, 0.3) is 0 Å². The lowest BCUT2D eigenvalue weighted by Crippen LogP contribution is -2.08. The molecule has 1 aliphatic rings. The third-order valence-electron chi connectivity index (χ3n) is 3.49. The summed E-state index contributed by atoms with van der Waals surface area (Å²) in [7, 11) is 0. The molecule has 0 N–H and O–H groups in total. The number of nitrogens with zero attached hydrogens (tertiary/aromatic N) is 4. The Morgan fingerprint density at radius 2 is 2.11 bits per heavy atom. The molecule has 0 amide bonds. The number of rotatable bonds is 3. The lowest BCUT2D eigenvalue weighted by molar-refractivity contribution is 0.468.